The van der Waals surface area contributed by atoms with Crippen molar-refractivity contribution in [3.05, 3.63) is 108 Å². The third kappa shape index (κ3) is 18.2. The van der Waals surface area contributed by atoms with E-state index in [1.54, 1.807) is 20.8 Å². The third-order valence-corrected chi connectivity index (χ3v) is 14.9. The number of nitrogens with one attached hydrogen (secondary N) is 1. The predicted octanol–water partition coefficient (Wildman–Crippen LogP) is 7.69. The van der Waals surface area contributed by atoms with Crippen molar-refractivity contribution in [3.8, 4) is 0 Å². The first kappa shape index (κ1) is 64.5. The number of halogens is 3. The van der Waals surface area contributed by atoms with Crippen molar-refractivity contribution in [2.45, 2.75) is 157 Å². The normalized spacial score (nSPS) is 29.6. The van der Waals surface area contributed by atoms with Gasteiger partial charge in [0.05, 0.1) is 83.0 Å². The molecule has 3 saturated heterocycles. The first-order valence-corrected chi connectivity index (χ1v) is 27.9. The molecule has 5 unspecified atom stereocenters. The van der Waals surface area contributed by atoms with Gasteiger partial charge in [-0.15, -0.1) is 0 Å². The Morgan fingerprint density at radius 2 is 1.43 bits per heavy atom. The number of esters is 2. The number of rotatable bonds is 26. The SMILES string of the molecule is CC[C@@H](OC(C)=O)[C@@H](C)C1O[C@@](OCC2O[C@@H](O[C@@H]3C(OCc4ccccc4)[C@H](OCCCc4ccccc4)OC(COCc4ccccc4)[C@@H]3C)C(NC(=O)OCC(Cl)(Cl)Cl)[C@@H](O)[C@@H]2C)(C(=O)OC)C[C@@H](OC(N)=O)[C@@H]1C(C)=O. The minimum atomic E-state index is -2.43. The summed E-state index contributed by atoms with van der Waals surface area (Å²) in [5.74, 6) is -8.17. The minimum Gasteiger partial charge on any atom is -0.465 e. The number of primary amides is 1. The highest BCUT2D eigenvalue weighted by Gasteiger charge is 2.59. The van der Waals surface area contributed by atoms with Gasteiger partial charge in [-0.05, 0) is 42.9 Å². The number of amides is 2. The summed E-state index contributed by atoms with van der Waals surface area (Å²) in [5, 5.41) is 15.0. The van der Waals surface area contributed by atoms with Gasteiger partial charge in [-0.2, -0.15) is 0 Å². The molecular weight excluding hydrogens is 1110 g/mol. The van der Waals surface area contributed by atoms with Crippen LogP contribution in [0.2, 0.25) is 0 Å². The number of methoxy groups -OCH3 is 1. The number of Topliss-reactive ketones (excluding diaryl/α,β-unsaturated/α-hetero) is 1. The fraction of sp³-hybridized carbons (Fsp3) is 0.596. The van der Waals surface area contributed by atoms with Crippen LogP contribution in [0.25, 0.3) is 0 Å². The number of hydrogen-bond donors (Lipinski definition) is 3. The van der Waals surface area contributed by atoms with Crippen molar-refractivity contribution in [1.29, 1.82) is 0 Å². The highest BCUT2D eigenvalue weighted by molar-refractivity contribution is 6.67. The molecule has 16 atom stereocenters. The highest BCUT2D eigenvalue weighted by atomic mass is 35.6. The van der Waals surface area contributed by atoms with Gasteiger partial charge in [0.2, 0.25) is 3.79 Å². The number of alkyl carbamates (subject to hydrolysis) is 1. The summed E-state index contributed by atoms with van der Waals surface area (Å²) in [6.45, 7) is 8.85. The summed E-state index contributed by atoms with van der Waals surface area (Å²) in [6, 6.07) is 27.6. The molecule has 3 aromatic carbocycles. The van der Waals surface area contributed by atoms with E-state index in [1.807, 2.05) is 97.9 Å². The maximum absolute atomic E-state index is 14.2. The van der Waals surface area contributed by atoms with Gasteiger partial charge < -0.3 is 73.0 Å². The van der Waals surface area contributed by atoms with Crippen molar-refractivity contribution in [3.63, 3.8) is 0 Å². The zero-order valence-electron chi connectivity index (χ0n) is 46.0. The second-order valence-electron chi connectivity index (χ2n) is 20.3. The molecule has 23 heteroatoms. The lowest BCUT2D eigenvalue weighted by molar-refractivity contribution is -0.352. The molecule has 3 aliphatic rings. The number of carbonyl (C=O) groups is 5. The van der Waals surface area contributed by atoms with Gasteiger partial charge in [0.1, 0.15) is 36.7 Å². The van der Waals surface area contributed by atoms with Crippen molar-refractivity contribution in [1.82, 2.24) is 5.32 Å². The zero-order chi connectivity index (χ0) is 58.1. The van der Waals surface area contributed by atoms with Gasteiger partial charge in [0.15, 0.2) is 12.6 Å². The topological polar surface area (TPSA) is 254 Å². The summed E-state index contributed by atoms with van der Waals surface area (Å²) in [4.78, 5) is 66.0. The Labute approximate surface area is 482 Å². The van der Waals surface area contributed by atoms with Gasteiger partial charge in [0.25, 0.3) is 5.79 Å². The molecule has 0 bridgehead atoms. The molecule has 0 spiro atoms. The van der Waals surface area contributed by atoms with Gasteiger partial charge >= 0.3 is 24.1 Å². The monoisotopic (exact) mass is 1180 g/mol. The van der Waals surface area contributed by atoms with Gasteiger partial charge in [-0.25, -0.2) is 14.4 Å². The number of alkyl halides is 3. The number of aliphatic hydroxyl groups is 1. The molecule has 3 aliphatic heterocycles. The number of ketones is 1. The molecule has 6 rings (SSSR count). The van der Waals surface area contributed by atoms with Crippen LogP contribution in [0.3, 0.4) is 0 Å². The Morgan fingerprint density at radius 1 is 0.825 bits per heavy atom. The lowest BCUT2D eigenvalue weighted by atomic mass is 9.77. The van der Waals surface area contributed by atoms with Crippen molar-refractivity contribution in [2.24, 2.45) is 29.4 Å². The molecule has 0 radical (unpaired) electrons. The molecule has 3 heterocycles. The van der Waals surface area contributed by atoms with Crippen LogP contribution in [-0.2, 0) is 90.9 Å². The molecule has 2 amide bonds. The number of aryl methyl sites for hydroxylation is 1. The number of ether oxygens (including phenoxy) is 12. The van der Waals surface area contributed by atoms with Crippen LogP contribution in [0, 0.1) is 23.7 Å². The number of hydrogen-bond acceptors (Lipinski definition) is 18. The number of carbonyl (C=O) groups excluding carboxylic acids is 5. The van der Waals surface area contributed by atoms with E-state index in [2.05, 4.69) is 5.32 Å². The van der Waals surface area contributed by atoms with E-state index in [1.165, 1.54) is 13.8 Å². The Morgan fingerprint density at radius 3 is 2.00 bits per heavy atom. The Kier molecular flexibility index (Phi) is 24.6. The minimum absolute atomic E-state index is 0.0813. The third-order valence-electron chi connectivity index (χ3n) is 14.5. The van der Waals surface area contributed by atoms with Gasteiger partial charge in [-0.1, -0.05) is 153 Å². The average Bonchev–Trinajstić information content (AvgIpc) is 3.44. The molecule has 0 aliphatic carbocycles. The standard InChI is InChI=1S/C57H75Cl3N2O18/c1-8-41(75-37(6)64)34(3)48-45(36(5)63)42(78-54(61)67)27-56(80-48,53(66)69-7)74-31-44-33(2)47(65)46(62-55(68)73-32-57(58,59)60)51(76-44)79-49-35(4)43(30-70-28-39-21-14-10-15-22-39)77-52(50(49)72-29-40-23-16-11-17-24-40)71-26-18-25-38-19-12-9-13-20-38/h9-17,19-24,33-35,41-52,65H,8,18,25-32H2,1-7H3,(H2,61,67)(H,62,68)/t33-,34-,35+,41-,42-,43?,44?,45+,46?,47+,48?,49+,50?,51+,52-,56-/m1/s1. The smallest absolute Gasteiger partial charge is 0.407 e. The molecular formula is C57H75Cl3N2O18. The zero-order valence-corrected chi connectivity index (χ0v) is 48.3. The number of aliphatic hydroxyl groups excluding tert-OH is 1. The van der Waals surface area contributed by atoms with Gasteiger partial charge in [-0.3, -0.25) is 9.59 Å². The summed E-state index contributed by atoms with van der Waals surface area (Å²) in [7, 11) is 1.08. The quantitative estimate of drug-likeness (QED) is 0.0301. The molecule has 0 saturated carbocycles. The molecule has 3 aromatic rings. The summed E-state index contributed by atoms with van der Waals surface area (Å²) in [6.07, 6.45) is -12.9. The second kappa shape index (κ2) is 30.6. The van der Waals surface area contributed by atoms with E-state index < -0.39 is 150 Å². The average molecular weight is 1180 g/mol. The number of nitrogens with two attached hydrogens (primary N) is 1. The molecule has 4 N–H and O–H groups in total. The largest absolute Gasteiger partial charge is 0.465 e. The first-order valence-electron chi connectivity index (χ1n) is 26.7. The summed E-state index contributed by atoms with van der Waals surface area (Å²) in [5.41, 5.74) is 8.44. The Balaban J connectivity index is 1.37. The van der Waals surface area contributed by atoms with Crippen molar-refractivity contribution >= 4 is 64.7 Å². The van der Waals surface area contributed by atoms with Crippen LogP contribution in [0.5, 0.6) is 0 Å². The highest BCUT2D eigenvalue weighted by Crippen LogP contribution is 2.43. The van der Waals surface area contributed by atoms with Crippen LogP contribution in [-0.4, -0.2) is 146 Å². The second-order valence-corrected chi connectivity index (χ2v) is 22.9. The molecule has 442 valence electrons. The van der Waals surface area contributed by atoms with E-state index in [-0.39, 0.29) is 32.8 Å². The van der Waals surface area contributed by atoms with Crippen molar-refractivity contribution < 1.29 is 85.9 Å². The maximum atomic E-state index is 14.2. The Bertz CT molecular complexity index is 2430. The van der Waals surface area contributed by atoms with Crippen LogP contribution < -0.4 is 11.1 Å². The summed E-state index contributed by atoms with van der Waals surface area (Å²) >= 11 is 17.9. The lowest BCUT2D eigenvalue weighted by Crippen LogP contribution is -2.66. The van der Waals surface area contributed by atoms with Gasteiger partial charge in [0, 0.05) is 24.7 Å². The fourth-order valence-corrected chi connectivity index (χ4v) is 10.5. The van der Waals surface area contributed by atoms with E-state index >= 15 is 0 Å². The Hall–Kier alpha value is -4.68. The van der Waals surface area contributed by atoms with Crippen LogP contribution in [0.15, 0.2) is 91.0 Å². The molecule has 20 nitrogen and oxygen atoms in total. The van der Waals surface area contributed by atoms with E-state index in [4.69, 9.17) is 97.4 Å². The van der Waals surface area contributed by atoms with Crippen LogP contribution in [0.4, 0.5) is 9.59 Å². The van der Waals surface area contributed by atoms with Crippen LogP contribution >= 0.6 is 34.8 Å². The number of benzene rings is 3. The molecule has 80 heavy (non-hydrogen) atoms. The van der Waals surface area contributed by atoms with Crippen LogP contribution in [0.1, 0.15) is 77.5 Å². The fourth-order valence-electron chi connectivity index (χ4n) is 10.3. The van der Waals surface area contributed by atoms with E-state index in [0.717, 1.165) is 23.8 Å². The lowest BCUT2D eigenvalue weighted by Gasteiger charge is -2.50. The summed E-state index contributed by atoms with van der Waals surface area (Å²) < 4.78 is 72.9. The van der Waals surface area contributed by atoms with E-state index in [9.17, 15) is 29.1 Å². The molecule has 3 fully saturated rings. The molecule has 0 aromatic heterocycles. The maximum Gasteiger partial charge on any atom is 0.407 e. The predicted molar refractivity (Wildman–Crippen MR) is 291 cm³/mol. The van der Waals surface area contributed by atoms with Crippen molar-refractivity contribution in [2.75, 3.05) is 33.5 Å². The van der Waals surface area contributed by atoms with E-state index in [0.29, 0.717) is 12.8 Å². The first-order chi connectivity index (χ1) is 38.1.